The van der Waals surface area contributed by atoms with E-state index in [4.69, 9.17) is 5.11 Å². The van der Waals surface area contributed by atoms with Gasteiger partial charge in [0.15, 0.2) is 0 Å². The summed E-state index contributed by atoms with van der Waals surface area (Å²) in [5.41, 5.74) is 2.76. The molecule has 1 atom stereocenters. The van der Waals surface area contributed by atoms with Gasteiger partial charge < -0.3 is 15.3 Å². The van der Waals surface area contributed by atoms with Crippen molar-refractivity contribution in [2.24, 2.45) is 0 Å². The molecule has 0 saturated heterocycles. The number of hydrogen-bond donors (Lipinski definition) is 2. The Hall–Kier alpha value is -1.55. The van der Waals surface area contributed by atoms with Gasteiger partial charge >= 0.3 is 6.03 Å². The molecule has 1 aliphatic rings. The van der Waals surface area contributed by atoms with E-state index in [1.54, 1.807) is 7.05 Å². The van der Waals surface area contributed by atoms with Crippen LogP contribution in [0.4, 0.5) is 4.79 Å². The summed E-state index contributed by atoms with van der Waals surface area (Å²) in [5, 5.41) is 11.9. The molecule has 1 aliphatic carbocycles. The Kier molecular flexibility index (Phi) is 4.65. The van der Waals surface area contributed by atoms with Crippen molar-refractivity contribution in [1.29, 1.82) is 0 Å². The first kappa shape index (κ1) is 14.9. The molecule has 2 rings (SSSR count). The molecule has 2 amide bonds. The van der Waals surface area contributed by atoms with Crippen LogP contribution in [0, 0.1) is 0 Å². The maximum Gasteiger partial charge on any atom is 0.317 e. The number of aryl methyl sites for hydroxylation is 1. The normalized spacial score (nSPS) is 21.1. The van der Waals surface area contributed by atoms with Gasteiger partial charge in [0, 0.05) is 25.6 Å². The summed E-state index contributed by atoms with van der Waals surface area (Å²) in [7, 11) is 1.70. The molecule has 0 heterocycles. The molecule has 0 radical (unpaired) electrons. The first-order valence-electron chi connectivity index (χ1n) is 7.25. The minimum atomic E-state index is -0.122. The lowest BCUT2D eigenvalue weighted by molar-refractivity contribution is 0.187. The third-order valence-electron chi connectivity index (χ3n) is 4.25. The van der Waals surface area contributed by atoms with Crippen molar-refractivity contribution in [3.63, 3.8) is 0 Å². The molecule has 0 bridgehead atoms. The molecule has 0 saturated carbocycles. The predicted octanol–water partition coefficient (Wildman–Crippen LogP) is 1.91. The zero-order valence-corrected chi connectivity index (χ0v) is 12.4. The number of carbonyl (C=O) groups is 1. The van der Waals surface area contributed by atoms with E-state index in [1.807, 2.05) is 0 Å². The fraction of sp³-hybridized carbons (Fsp3) is 0.562. The number of fused-ring (bicyclic) bond motifs is 1. The first-order chi connectivity index (χ1) is 9.57. The van der Waals surface area contributed by atoms with Gasteiger partial charge in [0.05, 0.1) is 6.61 Å². The highest BCUT2D eigenvalue weighted by Gasteiger charge is 2.32. The van der Waals surface area contributed by atoms with Crippen LogP contribution in [0.5, 0.6) is 0 Å². The molecular weight excluding hydrogens is 252 g/mol. The quantitative estimate of drug-likeness (QED) is 0.882. The summed E-state index contributed by atoms with van der Waals surface area (Å²) in [4.78, 5) is 13.4. The lowest BCUT2D eigenvalue weighted by atomic mass is 9.71. The molecule has 4 nitrogen and oxygen atoms in total. The van der Waals surface area contributed by atoms with Crippen molar-refractivity contribution in [2.45, 2.75) is 31.6 Å². The third kappa shape index (κ3) is 3.12. The maximum absolute atomic E-state index is 11.9. The van der Waals surface area contributed by atoms with Gasteiger partial charge in [0.1, 0.15) is 0 Å². The average molecular weight is 276 g/mol. The van der Waals surface area contributed by atoms with Crippen molar-refractivity contribution in [3.05, 3.63) is 35.4 Å². The smallest absolute Gasteiger partial charge is 0.317 e. The molecule has 4 heteroatoms. The van der Waals surface area contributed by atoms with Crippen molar-refractivity contribution < 1.29 is 9.90 Å². The summed E-state index contributed by atoms with van der Waals surface area (Å²) in [6.07, 6.45) is 3.38. The van der Waals surface area contributed by atoms with E-state index in [-0.39, 0.29) is 18.1 Å². The van der Waals surface area contributed by atoms with Gasteiger partial charge in [-0.15, -0.1) is 0 Å². The van der Waals surface area contributed by atoms with E-state index >= 15 is 0 Å². The zero-order chi connectivity index (χ0) is 14.6. The second-order valence-electron chi connectivity index (χ2n) is 5.88. The van der Waals surface area contributed by atoms with Gasteiger partial charge in [-0.3, -0.25) is 0 Å². The van der Waals surface area contributed by atoms with Crippen LogP contribution in [-0.2, 0) is 11.8 Å². The van der Waals surface area contributed by atoms with Crippen molar-refractivity contribution in [2.75, 3.05) is 26.7 Å². The van der Waals surface area contributed by atoms with E-state index < -0.39 is 0 Å². The zero-order valence-electron chi connectivity index (χ0n) is 12.4. The van der Waals surface area contributed by atoms with E-state index in [1.165, 1.54) is 16.0 Å². The third-order valence-corrected chi connectivity index (χ3v) is 4.25. The molecule has 1 aromatic rings. The van der Waals surface area contributed by atoms with Crippen LogP contribution in [0.15, 0.2) is 24.3 Å². The first-order valence-corrected chi connectivity index (χ1v) is 7.25. The van der Waals surface area contributed by atoms with Crippen LogP contribution in [-0.4, -0.2) is 42.8 Å². The number of benzene rings is 1. The lowest BCUT2D eigenvalue weighted by Gasteiger charge is -2.36. The van der Waals surface area contributed by atoms with Crippen molar-refractivity contribution >= 4 is 6.03 Å². The largest absolute Gasteiger partial charge is 0.395 e. The number of carbonyl (C=O) groups excluding carboxylic acids is 1. The second kappa shape index (κ2) is 6.27. The van der Waals surface area contributed by atoms with Crippen molar-refractivity contribution in [3.8, 4) is 0 Å². The minimum absolute atomic E-state index is 0.00452. The molecule has 110 valence electrons. The fourth-order valence-electron chi connectivity index (χ4n) is 2.97. The topological polar surface area (TPSA) is 52.6 Å². The summed E-state index contributed by atoms with van der Waals surface area (Å²) in [5.74, 6) is 0. The van der Waals surface area contributed by atoms with Crippen LogP contribution in [0.3, 0.4) is 0 Å². The minimum Gasteiger partial charge on any atom is -0.395 e. The summed E-state index contributed by atoms with van der Waals surface area (Å²) >= 11 is 0. The monoisotopic (exact) mass is 276 g/mol. The number of urea groups is 1. The van der Waals surface area contributed by atoms with Gasteiger partial charge in [0.25, 0.3) is 0 Å². The summed E-state index contributed by atoms with van der Waals surface area (Å²) in [6.45, 7) is 3.21. The Morgan fingerprint density at radius 2 is 2.20 bits per heavy atom. The van der Waals surface area contributed by atoms with Crippen LogP contribution in [0.25, 0.3) is 0 Å². The Morgan fingerprint density at radius 1 is 1.45 bits per heavy atom. The maximum atomic E-state index is 11.9. The van der Waals surface area contributed by atoms with E-state index in [9.17, 15) is 4.79 Å². The Morgan fingerprint density at radius 3 is 2.95 bits per heavy atom. The number of likely N-dealkylation sites (N-methyl/N-ethyl adjacent to an activating group) is 1. The van der Waals surface area contributed by atoms with Crippen LogP contribution < -0.4 is 5.32 Å². The van der Waals surface area contributed by atoms with Gasteiger partial charge in [-0.1, -0.05) is 31.2 Å². The summed E-state index contributed by atoms with van der Waals surface area (Å²) in [6, 6.07) is 8.40. The summed E-state index contributed by atoms with van der Waals surface area (Å²) < 4.78 is 0. The Labute approximate surface area is 120 Å². The predicted molar refractivity (Wildman–Crippen MR) is 79.8 cm³/mol. The number of aliphatic hydroxyl groups excluding tert-OH is 1. The fourth-order valence-corrected chi connectivity index (χ4v) is 2.97. The van der Waals surface area contributed by atoms with Crippen molar-refractivity contribution in [1.82, 2.24) is 10.2 Å². The molecule has 2 N–H and O–H groups in total. The SMILES string of the molecule is CN(CCO)C(=O)NCC1(C)CCCc2ccccc21. The van der Waals surface area contributed by atoms with Gasteiger partial charge in [-0.05, 0) is 30.4 Å². The van der Waals surface area contributed by atoms with E-state index in [2.05, 4.69) is 36.5 Å². The number of nitrogens with zero attached hydrogens (tertiary/aromatic N) is 1. The molecule has 1 aromatic carbocycles. The number of nitrogens with one attached hydrogen (secondary N) is 1. The average Bonchev–Trinajstić information content (AvgIpc) is 2.46. The number of aliphatic hydroxyl groups is 1. The number of rotatable bonds is 4. The highest BCUT2D eigenvalue weighted by molar-refractivity contribution is 5.74. The Bertz CT molecular complexity index is 475. The highest BCUT2D eigenvalue weighted by Crippen LogP contribution is 2.36. The van der Waals surface area contributed by atoms with Crippen LogP contribution in [0.2, 0.25) is 0 Å². The molecule has 20 heavy (non-hydrogen) atoms. The Balaban J connectivity index is 2.04. The van der Waals surface area contributed by atoms with Crippen LogP contribution >= 0.6 is 0 Å². The number of amides is 2. The van der Waals surface area contributed by atoms with Crippen LogP contribution in [0.1, 0.15) is 30.9 Å². The standard InChI is InChI=1S/C16H24N2O2/c1-16(12-17-15(20)18(2)10-11-19)9-5-7-13-6-3-4-8-14(13)16/h3-4,6,8,19H,5,7,9-12H2,1-2H3,(H,17,20). The lowest BCUT2D eigenvalue weighted by Crippen LogP contribution is -2.46. The second-order valence-corrected chi connectivity index (χ2v) is 5.88. The molecular formula is C16H24N2O2. The van der Waals surface area contributed by atoms with Gasteiger partial charge in [-0.2, -0.15) is 0 Å². The van der Waals surface area contributed by atoms with Gasteiger partial charge in [0.2, 0.25) is 0 Å². The van der Waals surface area contributed by atoms with E-state index in [0.29, 0.717) is 13.1 Å². The molecule has 0 aliphatic heterocycles. The van der Waals surface area contributed by atoms with E-state index in [0.717, 1.165) is 19.3 Å². The molecule has 0 spiro atoms. The van der Waals surface area contributed by atoms with Gasteiger partial charge in [-0.25, -0.2) is 4.79 Å². The molecule has 0 fully saturated rings. The number of hydrogen-bond acceptors (Lipinski definition) is 2. The molecule has 0 aromatic heterocycles. The molecule has 1 unspecified atom stereocenters. The highest BCUT2D eigenvalue weighted by atomic mass is 16.3.